The fourth-order valence-corrected chi connectivity index (χ4v) is 5.03. The Morgan fingerprint density at radius 2 is 1.43 bits per heavy atom. The van der Waals surface area contributed by atoms with Gasteiger partial charge in [-0.05, 0) is 65.7 Å². The summed E-state index contributed by atoms with van der Waals surface area (Å²) < 4.78 is 0. The van der Waals surface area contributed by atoms with E-state index in [9.17, 15) is 5.11 Å². The van der Waals surface area contributed by atoms with Gasteiger partial charge in [-0.3, -0.25) is 0 Å². The average Bonchev–Trinajstić information content (AvgIpc) is 2.90. The third-order valence-corrected chi connectivity index (χ3v) is 7.13. The van der Waals surface area contributed by atoms with Crippen LogP contribution in [0, 0.1) is 0 Å². The van der Waals surface area contributed by atoms with Crippen LogP contribution in [0.1, 0.15) is 25.0 Å². The molecule has 0 aliphatic rings. The molecule has 0 unspecified atom stereocenters. The summed E-state index contributed by atoms with van der Waals surface area (Å²) >= 11 is 1.65. The number of aromatic hydroxyl groups is 1. The monoisotopic (exact) mass is 474 g/mol. The van der Waals surface area contributed by atoms with E-state index in [1.807, 2.05) is 66.9 Å². The van der Waals surface area contributed by atoms with Gasteiger partial charge >= 0.3 is 0 Å². The van der Waals surface area contributed by atoms with Crippen molar-refractivity contribution in [2.24, 2.45) is 0 Å². The molecule has 0 bridgehead atoms. The lowest BCUT2D eigenvalue weighted by Crippen LogP contribution is -2.19. The van der Waals surface area contributed by atoms with Crippen molar-refractivity contribution in [3.63, 3.8) is 0 Å². The highest BCUT2D eigenvalue weighted by Crippen LogP contribution is 2.38. The number of phenolic OH excluding ortho intramolecular Hbond substituents is 1. The molecule has 0 radical (unpaired) electrons. The fraction of sp³-hybridized carbons (Fsp3) is 0.0968. The minimum absolute atomic E-state index is 0.202. The van der Waals surface area contributed by atoms with E-state index in [-0.39, 0.29) is 11.2 Å². The molecule has 2 heterocycles. The van der Waals surface area contributed by atoms with Gasteiger partial charge in [0.05, 0.1) is 11.4 Å². The van der Waals surface area contributed by atoms with Crippen LogP contribution in [-0.2, 0) is 5.41 Å². The van der Waals surface area contributed by atoms with Gasteiger partial charge in [-0.15, -0.1) is 0 Å². The van der Waals surface area contributed by atoms with Gasteiger partial charge in [0.1, 0.15) is 10.8 Å². The van der Waals surface area contributed by atoms with Crippen LogP contribution in [0.3, 0.4) is 0 Å². The van der Waals surface area contributed by atoms with Crippen LogP contribution in [0.25, 0.3) is 22.5 Å². The summed E-state index contributed by atoms with van der Waals surface area (Å²) in [6.45, 7) is 4.50. The highest BCUT2D eigenvalue weighted by molar-refractivity contribution is 7.99. The first kappa shape index (κ1) is 22.9. The highest BCUT2D eigenvalue weighted by Gasteiger charge is 2.24. The third-order valence-electron chi connectivity index (χ3n) is 6.21. The van der Waals surface area contributed by atoms with Gasteiger partial charge in [0.25, 0.3) is 0 Å². The van der Waals surface area contributed by atoms with E-state index in [1.165, 1.54) is 11.1 Å². The maximum atomic E-state index is 10.4. The summed E-state index contributed by atoms with van der Waals surface area (Å²) in [6.07, 6.45) is 1.82. The molecule has 35 heavy (non-hydrogen) atoms. The Bertz CT molecular complexity index is 1450. The zero-order valence-electron chi connectivity index (χ0n) is 19.7. The molecule has 5 aromatic rings. The molecule has 0 fully saturated rings. The Labute approximate surface area is 210 Å². The highest BCUT2D eigenvalue weighted by atomic mass is 32.2. The van der Waals surface area contributed by atoms with Gasteiger partial charge in [-0.1, -0.05) is 80.2 Å². The van der Waals surface area contributed by atoms with Crippen LogP contribution in [0.15, 0.2) is 125 Å². The number of pyridine rings is 2. The van der Waals surface area contributed by atoms with Crippen molar-refractivity contribution in [2.75, 3.05) is 0 Å². The summed E-state index contributed by atoms with van der Waals surface area (Å²) in [5.74, 6) is 0.225. The molecule has 2 aromatic heterocycles. The molecule has 4 heteroatoms. The minimum Gasteiger partial charge on any atom is -0.507 e. The molecule has 172 valence electrons. The molecule has 1 N–H and O–H groups in total. The van der Waals surface area contributed by atoms with E-state index in [2.05, 4.69) is 61.3 Å². The largest absolute Gasteiger partial charge is 0.507 e. The first-order chi connectivity index (χ1) is 17.0. The molecule has 0 amide bonds. The lowest BCUT2D eigenvalue weighted by Gasteiger charge is -2.27. The van der Waals surface area contributed by atoms with Crippen LogP contribution in [-0.4, -0.2) is 15.1 Å². The number of hydrogen-bond donors (Lipinski definition) is 1. The van der Waals surface area contributed by atoms with Gasteiger partial charge in [-0.25, -0.2) is 9.97 Å². The van der Waals surface area contributed by atoms with E-state index in [1.54, 1.807) is 17.8 Å². The standard InChI is InChI=1S/C31H26N2OS/c1-31(2,23-11-4-3-5-12-23)24-19-22(20-25(21-24)35-30-17-8-9-18-32-30)27-14-10-15-28(33-27)26-13-6-7-16-29(26)34/h3-21,34H,1-2H3. The van der Waals surface area contributed by atoms with Gasteiger partial charge in [0, 0.05) is 27.6 Å². The Balaban J connectivity index is 1.63. The molecular weight excluding hydrogens is 448 g/mol. The normalized spacial score (nSPS) is 11.4. The van der Waals surface area contributed by atoms with Crippen molar-refractivity contribution in [3.05, 3.63) is 127 Å². The Morgan fingerprint density at radius 3 is 2.20 bits per heavy atom. The molecule has 0 spiro atoms. The number of rotatable bonds is 6. The Kier molecular flexibility index (Phi) is 6.39. The molecular formula is C31H26N2OS. The van der Waals surface area contributed by atoms with Gasteiger partial charge in [0.2, 0.25) is 0 Å². The lowest BCUT2D eigenvalue weighted by molar-refractivity contribution is 0.477. The molecule has 0 aliphatic carbocycles. The lowest BCUT2D eigenvalue weighted by atomic mass is 9.77. The molecule has 0 aliphatic heterocycles. The molecule has 3 nitrogen and oxygen atoms in total. The molecule has 5 rings (SSSR count). The minimum atomic E-state index is -0.202. The predicted octanol–water partition coefficient (Wildman–Crippen LogP) is 7.99. The van der Waals surface area contributed by atoms with E-state index < -0.39 is 0 Å². The second-order valence-corrected chi connectivity index (χ2v) is 10.0. The fourth-order valence-electron chi connectivity index (χ4n) is 4.15. The number of benzene rings is 3. The summed E-state index contributed by atoms with van der Waals surface area (Å²) in [6, 6.07) is 36.4. The number of aromatic nitrogens is 2. The zero-order valence-corrected chi connectivity index (χ0v) is 20.5. The van der Waals surface area contributed by atoms with Crippen molar-refractivity contribution in [1.29, 1.82) is 0 Å². The van der Waals surface area contributed by atoms with Gasteiger partial charge < -0.3 is 5.11 Å². The van der Waals surface area contributed by atoms with Crippen LogP contribution in [0.2, 0.25) is 0 Å². The maximum absolute atomic E-state index is 10.4. The topological polar surface area (TPSA) is 46.0 Å². The predicted molar refractivity (Wildman–Crippen MR) is 144 cm³/mol. The summed E-state index contributed by atoms with van der Waals surface area (Å²) in [5.41, 5.74) is 5.61. The second kappa shape index (κ2) is 9.77. The molecule has 0 atom stereocenters. The van der Waals surface area contributed by atoms with Crippen LogP contribution in [0.4, 0.5) is 0 Å². The van der Waals surface area contributed by atoms with E-state index in [0.717, 1.165) is 32.4 Å². The van der Waals surface area contributed by atoms with Crippen molar-refractivity contribution < 1.29 is 5.11 Å². The second-order valence-electron chi connectivity index (χ2n) is 8.93. The Hall–Kier alpha value is -3.89. The maximum Gasteiger partial charge on any atom is 0.124 e. The van der Waals surface area contributed by atoms with Crippen molar-refractivity contribution in [1.82, 2.24) is 9.97 Å². The van der Waals surface area contributed by atoms with Crippen LogP contribution in [0.5, 0.6) is 5.75 Å². The van der Waals surface area contributed by atoms with Crippen molar-refractivity contribution in [3.8, 4) is 28.3 Å². The number of nitrogens with zero attached hydrogens (tertiary/aromatic N) is 2. The van der Waals surface area contributed by atoms with Gasteiger partial charge in [0.15, 0.2) is 0 Å². The number of para-hydroxylation sites is 1. The zero-order chi connectivity index (χ0) is 24.3. The van der Waals surface area contributed by atoms with Crippen molar-refractivity contribution >= 4 is 11.8 Å². The summed E-state index contributed by atoms with van der Waals surface area (Å²) in [4.78, 5) is 10.5. The van der Waals surface area contributed by atoms with Crippen LogP contribution >= 0.6 is 11.8 Å². The molecule has 0 saturated heterocycles. The number of phenols is 1. The summed E-state index contributed by atoms with van der Waals surface area (Å²) in [5, 5.41) is 11.3. The number of hydrogen-bond acceptors (Lipinski definition) is 4. The molecule has 0 saturated carbocycles. The quantitative estimate of drug-likeness (QED) is 0.271. The average molecular weight is 475 g/mol. The van der Waals surface area contributed by atoms with E-state index in [4.69, 9.17) is 4.98 Å². The van der Waals surface area contributed by atoms with Crippen LogP contribution < -0.4 is 0 Å². The first-order valence-electron chi connectivity index (χ1n) is 11.6. The Morgan fingerprint density at radius 1 is 0.686 bits per heavy atom. The first-order valence-corrected chi connectivity index (χ1v) is 12.4. The third kappa shape index (κ3) is 4.98. The molecule has 3 aromatic carbocycles. The van der Waals surface area contributed by atoms with Crippen molar-refractivity contribution in [2.45, 2.75) is 29.2 Å². The smallest absolute Gasteiger partial charge is 0.124 e. The van der Waals surface area contributed by atoms with E-state index >= 15 is 0 Å². The van der Waals surface area contributed by atoms with Gasteiger partial charge in [-0.2, -0.15) is 0 Å². The van der Waals surface area contributed by atoms with E-state index in [0.29, 0.717) is 0 Å². The summed E-state index contributed by atoms with van der Waals surface area (Å²) in [7, 11) is 0. The SMILES string of the molecule is CC(C)(c1ccccc1)c1cc(Sc2ccccn2)cc(-c2cccc(-c3ccccc3O)n2)c1.